The maximum absolute atomic E-state index is 12.9. The second kappa shape index (κ2) is 2.42. The Balaban J connectivity index is 2.60. The summed E-state index contributed by atoms with van der Waals surface area (Å²) in [6.07, 6.45) is 0. The zero-order valence-electron chi connectivity index (χ0n) is 6.18. The Bertz CT molecular complexity index is 327. The summed E-state index contributed by atoms with van der Waals surface area (Å²) in [5.41, 5.74) is 5.94. The molecule has 12 heavy (non-hydrogen) atoms. The van der Waals surface area contributed by atoms with Crippen LogP contribution in [0.3, 0.4) is 0 Å². The summed E-state index contributed by atoms with van der Waals surface area (Å²) in [4.78, 5) is 0. The molecule has 0 unspecified atom stereocenters. The van der Waals surface area contributed by atoms with Gasteiger partial charge in [-0.1, -0.05) is 0 Å². The molecular weight excluding hydrogens is 164 g/mol. The van der Waals surface area contributed by atoms with E-state index in [0.29, 0.717) is 5.56 Å². The molecule has 0 saturated carbocycles. The Morgan fingerprint density at radius 2 is 2.17 bits per heavy atom. The van der Waals surface area contributed by atoms with E-state index in [1.165, 1.54) is 6.07 Å². The maximum Gasteiger partial charge on any atom is 0.168 e. The maximum atomic E-state index is 12.9. The predicted octanol–water partition coefficient (Wildman–Crippen LogP) is 1.36. The lowest BCUT2D eigenvalue weighted by molar-refractivity contribution is 0.319. The van der Waals surface area contributed by atoms with Crippen molar-refractivity contribution in [3.63, 3.8) is 0 Å². The molecule has 4 heteroatoms. The lowest BCUT2D eigenvalue weighted by atomic mass is 10.1. The van der Waals surface area contributed by atoms with Crippen molar-refractivity contribution in [2.45, 2.75) is 6.04 Å². The molecule has 0 bridgehead atoms. The SMILES string of the molecule is N[C@H]1COc2c(F)cc(F)cc21. The van der Waals surface area contributed by atoms with Crippen LogP contribution in [0.1, 0.15) is 11.6 Å². The molecule has 1 aromatic rings. The first-order valence-corrected chi connectivity index (χ1v) is 3.56. The van der Waals surface area contributed by atoms with Crippen LogP contribution < -0.4 is 10.5 Å². The number of fused-ring (bicyclic) bond motifs is 1. The van der Waals surface area contributed by atoms with Gasteiger partial charge in [-0.15, -0.1) is 0 Å². The molecule has 0 aliphatic carbocycles. The van der Waals surface area contributed by atoms with E-state index in [9.17, 15) is 8.78 Å². The van der Waals surface area contributed by atoms with Crippen molar-refractivity contribution in [3.05, 3.63) is 29.3 Å². The van der Waals surface area contributed by atoms with Gasteiger partial charge in [-0.3, -0.25) is 0 Å². The fraction of sp³-hybridized carbons (Fsp3) is 0.250. The number of halogens is 2. The highest BCUT2D eigenvalue weighted by Gasteiger charge is 2.24. The van der Waals surface area contributed by atoms with Crippen LogP contribution in [0.4, 0.5) is 8.78 Å². The van der Waals surface area contributed by atoms with E-state index < -0.39 is 17.7 Å². The van der Waals surface area contributed by atoms with Crippen molar-refractivity contribution < 1.29 is 13.5 Å². The van der Waals surface area contributed by atoms with Gasteiger partial charge in [0.1, 0.15) is 12.4 Å². The van der Waals surface area contributed by atoms with Gasteiger partial charge in [0, 0.05) is 11.6 Å². The van der Waals surface area contributed by atoms with Crippen LogP contribution in [0, 0.1) is 11.6 Å². The molecule has 1 atom stereocenters. The van der Waals surface area contributed by atoms with Crippen molar-refractivity contribution in [2.75, 3.05) is 6.61 Å². The topological polar surface area (TPSA) is 35.2 Å². The van der Waals surface area contributed by atoms with Crippen LogP contribution in [-0.4, -0.2) is 6.61 Å². The third-order valence-corrected chi connectivity index (χ3v) is 1.84. The molecule has 0 spiro atoms. The molecule has 1 aliphatic heterocycles. The largest absolute Gasteiger partial charge is 0.488 e. The Morgan fingerprint density at radius 3 is 2.92 bits per heavy atom. The average Bonchev–Trinajstić information content (AvgIpc) is 2.33. The van der Waals surface area contributed by atoms with Crippen molar-refractivity contribution in [2.24, 2.45) is 5.73 Å². The smallest absolute Gasteiger partial charge is 0.168 e. The number of benzene rings is 1. The van der Waals surface area contributed by atoms with Gasteiger partial charge in [0.15, 0.2) is 11.6 Å². The molecular formula is C8H7F2NO. The molecule has 0 saturated heterocycles. The molecule has 1 heterocycles. The second-order valence-electron chi connectivity index (χ2n) is 2.72. The molecule has 0 amide bonds. The minimum absolute atomic E-state index is 0.0869. The molecule has 2 rings (SSSR count). The molecule has 2 nitrogen and oxygen atoms in total. The van der Waals surface area contributed by atoms with Crippen molar-refractivity contribution >= 4 is 0 Å². The standard InChI is InChI=1S/C8H7F2NO/c9-4-1-5-7(11)3-12-8(5)6(10)2-4/h1-2,7H,3,11H2/t7-/m0/s1. The fourth-order valence-electron chi connectivity index (χ4n) is 1.27. The highest BCUT2D eigenvalue weighted by atomic mass is 19.1. The lowest BCUT2D eigenvalue weighted by Crippen LogP contribution is -2.10. The first-order chi connectivity index (χ1) is 5.68. The summed E-state index contributed by atoms with van der Waals surface area (Å²) >= 11 is 0. The highest BCUT2D eigenvalue weighted by Crippen LogP contribution is 2.33. The van der Waals surface area contributed by atoms with Crippen LogP contribution >= 0.6 is 0 Å². The van der Waals surface area contributed by atoms with Gasteiger partial charge in [0.25, 0.3) is 0 Å². The number of hydrogen-bond acceptors (Lipinski definition) is 2. The van der Waals surface area contributed by atoms with Gasteiger partial charge in [-0.05, 0) is 6.07 Å². The van der Waals surface area contributed by atoms with Crippen LogP contribution in [-0.2, 0) is 0 Å². The molecule has 0 aromatic heterocycles. The lowest BCUT2D eigenvalue weighted by Gasteiger charge is -2.00. The molecule has 0 fully saturated rings. The fourth-order valence-corrected chi connectivity index (χ4v) is 1.27. The zero-order valence-corrected chi connectivity index (χ0v) is 6.18. The van der Waals surface area contributed by atoms with Crippen molar-refractivity contribution in [3.8, 4) is 5.75 Å². The van der Waals surface area contributed by atoms with Gasteiger partial charge in [0.2, 0.25) is 0 Å². The third-order valence-electron chi connectivity index (χ3n) is 1.84. The number of nitrogens with two attached hydrogens (primary N) is 1. The normalized spacial score (nSPS) is 20.4. The van der Waals surface area contributed by atoms with Crippen LogP contribution in [0.5, 0.6) is 5.75 Å². The monoisotopic (exact) mass is 171 g/mol. The average molecular weight is 171 g/mol. The summed E-state index contributed by atoms with van der Waals surface area (Å²) in [6, 6.07) is 1.58. The molecule has 1 aromatic carbocycles. The Labute approximate surface area is 67.9 Å². The summed E-state index contributed by atoms with van der Waals surface area (Å²) in [5.74, 6) is -1.21. The number of rotatable bonds is 0. The van der Waals surface area contributed by atoms with Crippen LogP contribution in [0.2, 0.25) is 0 Å². The first-order valence-electron chi connectivity index (χ1n) is 3.56. The zero-order chi connectivity index (χ0) is 8.72. The van der Waals surface area contributed by atoms with E-state index in [2.05, 4.69) is 0 Å². The Hall–Kier alpha value is -1.16. The first kappa shape index (κ1) is 7.49. The Kier molecular flexibility index (Phi) is 1.51. The second-order valence-corrected chi connectivity index (χ2v) is 2.72. The number of hydrogen-bond donors (Lipinski definition) is 1. The van der Waals surface area contributed by atoms with Gasteiger partial charge in [0.05, 0.1) is 6.04 Å². The summed E-state index contributed by atoms with van der Waals surface area (Å²) in [7, 11) is 0. The molecule has 0 radical (unpaired) electrons. The van der Waals surface area contributed by atoms with E-state index in [1.54, 1.807) is 0 Å². The molecule has 64 valence electrons. The highest BCUT2D eigenvalue weighted by molar-refractivity contribution is 5.40. The minimum atomic E-state index is -0.682. The van der Waals surface area contributed by atoms with Gasteiger partial charge in [-0.25, -0.2) is 8.78 Å². The Morgan fingerprint density at radius 1 is 1.42 bits per heavy atom. The van der Waals surface area contributed by atoms with E-state index in [1.807, 2.05) is 0 Å². The summed E-state index contributed by atoms with van der Waals surface area (Å²) in [6.45, 7) is 0.218. The van der Waals surface area contributed by atoms with Crippen molar-refractivity contribution in [1.29, 1.82) is 0 Å². The predicted molar refractivity (Wildman–Crippen MR) is 38.8 cm³/mol. The van der Waals surface area contributed by atoms with E-state index in [-0.39, 0.29) is 12.4 Å². The summed E-state index contributed by atoms with van der Waals surface area (Å²) in [5, 5.41) is 0. The van der Waals surface area contributed by atoms with E-state index in [4.69, 9.17) is 10.5 Å². The minimum Gasteiger partial charge on any atom is -0.488 e. The third kappa shape index (κ3) is 0.956. The van der Waals surface area contributed by atoms with Crippen LogP contribution in [0.25, 0.3) is 0 Å². The van der Waals surface area contributed by atoms with E-state index >= 15 is 0 Å². The van der Waals surface area contributed by atoms with E-state index in [0.717, 1.165) is 6.07 Å². The van der Waals surface area contributed by atoms with Gasteiger partial charge >= 0.3 is 0 Å². The number of ether oxygens (including phenoxy) is 1. The summed E-state index contributed by atoms with van der Waals surface area (Å²) < 4.78 is 30.5. The van der Waals surface area contributed by atoms with Gasteiger partial charge in [-0.2, -0.15) is 0 Å². The molecule has 1 aliphatic rings. The molecule has 2 N–H and O–H groups in total. The quantitative estimate of drug-likeness (QED) is 0.639. The van der Waals surface area contributed by atoms with Crippen LogP contribution in [0.15, 0.2) is 12.1 Å². The van der Waals surface area contributed by atoms with Gasteiger partial charge < -0.3 is 10.5 Å². The van der Waals surface area contributed by atoms with Crippen molar-refractivity contribution in [1.82, 2.24) is 0 Å².